The van der Waals surface area contributed by atoms with E-state index in [0.29, 0.717) is 11.4 Å². The Hall–Kier alpha value is -1.82. The number of aliphatic hydroxyl groups is 1. The number of pyridine rings is 2. The number of nitriles is 1. The van der Waals surface area contributed by atoms with Crippen molar-refractivity contribution in [1.82, 2.24) is 9.97 Å². The molecule has 0 aliphatic carbocycles. The number of amidine groups is 1. The number of halogens is 2. The van der Waals surface area contributed by atoms with Gasteiger partial charge < -0.3 is 10.8 Å². The molecule has 0 unspecified atom stereocenters. The number of aryl methyl sites for hydroxylation is 2. The van der Waals surface area contributed by atoms with Crippen molar-refractivity contribution < 1.29 is 5.11 Å². The Labute approximate surface area is 159 Å². The fraction of sp³-hybridized carbons (Fsp3) is 0.250. The maximum absolute atomic E-state index is 8.42. The highest BCUT2D eigenvalue weighted by atomic mass is 79.9. The van der Waals surface area contributed by atoms with Crippen molar-refractivity contribution in [3.63, 3.8) is 0 Å². The highest BCUT2D eigenvalue weighted by Gasteiger charge is 2.00. The summed E-state index contributed by atoms with van der Waals surface area (Å²) in [6.45, 7) is 3.86. The Kier molecular flexibility index (Phi) is 12.8. The van der Waals surface area contributed by atoms with Crippen molar-refractivity contribution in [3.05, 3.63) is 56.0 Å². The Morgan fingerprint density at radius 1 is 1.08 bits per heavy atom. The summed E-state index contributed by atoms with van der Waals surface area (Å²) in [5.41, 5.74) is 8.25. The zero-order valence-corrected chi connectivity index (χ0v) is 16.1. The second-order valence-electron chi connectivity index (χ2n) is 4.13. The van der Waals surface area contributed by atoms with Gasteiger partial charge in [-0.1, -0.05) is 19.6 Å². The summed E-state index contributed by atoms with van der Waals surface area (Å²) < 4.78 is 1.48. The highest BCUT2D eigenvalue weighted by Crippen LogP contribution is 2.13. The maximum Gasteiger partial charge on any atom is 0.141 e. The van der Waals surface area contributed by atoms with Gasteiger partial charge in [-0.3, -0.25) is 5.41 Å². The quantitative estimate of drug-likeness (QED) is 0.341. The summed E-state index contributed by atoms with van der Waals surface area (Å²) in [6.07, 6.45) is 0. The third kappa shape index (κ3) is 8.15. The monoisotopic (exact) mass is 457 g/mol. The molecule has 0 amide bonds. The van der Waals surface area contributed by atoms with Gasteiger partial charge in [-0.05, 0) is 69.0 Å². The number of nitrogen functional groups attached to an aromatic ring is 1. The Balaban J connectivity index is 0. The molecule has 24 heavy (non-hydrogen) atoms. The third-order valence-corrected chi connectivity index (χ3v) is 4.07. The molecule has 0 atom stereocenters. The van der Waals surface area contributed by atoms with Gasteiger partial charge in [-0.25, -0.2) is 9.97 Å². The van der Waals surface area contributed by atoms with Crippen LogP contribution in [-0.2, 0) is 0 Å². The van der Waals surface area contributed by atoms with Crippen LogP contribution in [0.15, 0.2) is 33.5 Å². The Bertz CT molecular complexity index is 714. The van der Waals surface area contributed by atoms with E-state index in [1.54, 1.807) is 12.1 Å². The van der Waals surface area contributed by atoms with Crippen LogP contribution < -0.4 is 5.73 Å². The Morgan fingerprint density at radius 2 is 1.54 bits per heavy atom. The van der Waals surface area contributed by atoms with Crippen LogP contribution in [0.4, 0.5) is 0 Å². The molecule has 130 valence electrons. The molecular formula is C16H21Br2N5O. The molecule has 0 saturated heterocycles. The molecule has 8 heteroatoms. The molecule has 0 aliphatic heterocycles. The number of hydrogen-bond donors (Lipinski definition) is 3. The zero-order valence-electron chi connectivity index (χ0n) is 12.9. The van der Waals surface area contributed by atoms with Crippen molar-refractivity contribution in [1.29, 1.82) is 10.7 Å². The lowest BCUT2D eigenvalue weighted by Gasteiger charge is -1.99. The first kappa shape index (κ1) is 24.4. The number of hydrogen-bond acceptors (Lipinski definition) is 5. The van der Waals surface area contributed by atoms with Crippen LogP contribution in [0.2, 0.25) is 0 Å². The Morgan fingerprint density at radius 3 is 1.92 bits per heavy atom. The molecule has 2 rings (SSSR count). The van der Waals surface area contributed by atoms with Gasteiger partial charge in [0.15, 0.2) is 0 Å². The minimum absolute atomic E-state index is 0. The fourth-order valence-corrected chi connectivity index (χ4v) is 1.87. The van der Waals surface area contributed by atoms with Gasteiger partial charge in [0, 0.05) is 7.11 Å². The summed E-state index contributed by atoms with van der Waals surface area (Å²) in [6, 6.07) is 9.10. The molecule has 0 fully saturated rings. The lowest BCUT2D eigenvalue weighted by Crippen LogP contribution is -2.13. The third-order valence-electron chi connectivity index (χ3n) is 2.46. The van der Waals surface area contributed by atoms with E-state index in [1.165, 1.54) is 0 Å². The molecule has 6 nitrogen and oxygen atoms in total. The molecule has 0 saturated carbocycles. The zero-order chi connectivity index (χ0) is 18.0. The van der Waals surface area contributed by atoms with E-state index in [1.807, 2.05) is 32.0 Å². The average molecular weight is 459 g/mol. The van der Waals surface area contributed by atoms with Gasteiger partial charge in [0.25, 0.3) is 0 Å². The van der Waals surface area contributed by atoms with Crippen LogP contribution in [0.25, 0.3) is 0 Å². The normalized spacial score (nSPS) is 8.38. The molecule has 2 aromatic heterocycles. The van der Waals surface area contributed by atoms with Crippen LogP contribution >= 0.6 is 31.9 Å². The molecule has 0 spiro atoms. The van der Waals surface area contributed by atoms with Gasteiger partial charge in [0.1, 0.15) is 32.5 Å². The van der Waals surface area contributed by atoms with E-state index in [0.717, 1.165) is 27.4 Å². The molecule has 0 aromatic carbocycles. The molecule has 0 aliphatic rings. The van der Waals surface area contributed by atoms with E-state index >= 15 is 0 Å². The highest BCUT2D eigenvalue weighted by molar-refractivity contribution is 9.10. The minimum Gasteiger partial charge on any atom is -0.400 e. The van der Waals surface area contributed by atoms with E-state index in [9.17, 15) is 0 Å². The van der Waals surface area contributed by atoms with Crippen molar-refractivity contribution in [2.45, 2.75) is 21.3 Å². The number of aliphatic hydroxyl groups excluding tert-OH is 1. The molecule has 2 aromatic rings. The van der Waals surface area contributed by atoms with Gasteiger partial charge in [0.05, 0.1) is 0 Å². The van der Waals surface area contributed by atoms with Crippen molar-refractivity contribution in [3.8, 4) is 6.07 Å². The smallest absolute Gasteiger partial charge is 0.141 e. The summed E-state index contributed by atoms with van der Waals surface area (Å²) in [5, 5.41) is 22.5. The largest absolute Gasteiger partial charge is 0.400 e. The second kappa shape index (κ2) is 12.6. The number of nitrogens with zero attached hydrogens (tertiary/aromatic N) is 3. The minimum atomic E-state index is -0.00861. The molecular weight excluding hydrogens is 438 g/mol. The van der Waals surface area contributed by atoms with E-state index in [2.05, 4.69) is 41.8 Å². The summed E-state index contributed by atoms with van der Waals surface area (Å²) in [4.78, 5) is 7.99. The van der Waals surface area contributed by atoms with Gasteiger partial charge >= 0.3 is 0 Å². The van der Waals surface area contributed by atoms with Gasteiger partial charge in [-0.2, -0.15) is 5.26 Å². The number of nitrogens with one attached hydrogen (secondary N) is 1. The average Bonchev–Trinajstić information content (AvgIpc) is 2.55. The van der Waals surface area contributed by atoms with Crippen molar-refractivity contribution >= 4 is 37.7 Å². The van der Waals surface area contributed by atoms with E-state index < -0.39 is 0 Å². The van der Waals surface area contributed by atoms with Crippen LogP contribution in [0.1, 0.15) is 29.9 Å². The molecule has 4 N–H and O–H groups in total. The fourth-order valence-electron chi connectivity index (χ4n) is 1.22. The lowest BCUT2D eigenvalue weighted by atomic mass is 10.3. The van der Waals surface area contributed by atoms with E-state index in [-0.39, 0.29) is 13.3 Å². The maximum atomic E-state index is 8.42. The summed E-state index contributed by atoms with van der Waals surface area (Å²) in [7, 11) is 1.00. The van der Waals surface area contributed by atoms with Crippen molar-refractivity contribution in [2.75, 3.05) is 7.11 Å². The lowest BCUT2D eigenvalue weighted by molar-refractivity contribution is 0.399. The van der Waals surface area contributed by atoms with Crippen molar-refractivity contribution in [2.24, 2.45) is 5.73 Å². The first-order valence-electron chi connectivity index (χ1n) is 6.30. The second-order valence-corrected chi connectivity index (χ2v) is 5.64. The predicted molar refractivity (Wildman–Crippen MR) is 104 cm³/mol. The number of aromatic nitrogens is 2. The summed E-state index contributed by atoms with van der Waals surface area (Å²) >= 11 is 6.48. The SMILES string of the molecule is C.CO.Cc1ccc(C#N)nc1Br.Cc1ccc(C(=N)N)nc1Br. The van der Waals surface area contributed by atoms with Crippen LogP contribution in [0.3, 0.4) is 0 Å². The number of nitrogens with two attached hydrogens (primary N) is 1. The topological polar surface area (TPSA) is 120 Å². The standard InChI is InChI=1S/C7H8BrN3.C7H5BrN2.CH4O.CH4/c1-4-2-3-5(7(9)10)11-6(4)8;1-5-2-3-6(4-9)10-7(5)8;1-2;/h2-3H,1H3,(H3,9,10);2-3H,1H3;2H,1H3;1H4. The molecule has 0 radical (unpaired) electrons. The molecule has 2 heterocycles. The van der Waals surface area contributed by atoms with Gasteiger partial charge in [-0.15, -0.1) is 0 Å². The first-order chi connectivity index (χ1) is 10.8. The van der Waals surface area contributed by atoms with E-state index in [4.69, 9.17) is 21.5 Å². The number of rotatable bonds is 1. The molecule has 0 bridgehead atoms. The van der Waals surface area contributed by atoms with Crippen LogP contribution in [0.5, 0.6) is 0 Å². The predicted octanol–water partition coefficient (Wildman–Crippen LogP) is 3.71. The van der Waals surface area contributed by atoms with Crippen LogP contribution in [-0.4, -0.2) is 28.0 Å². The van der Waals surface area contributed by atoms with Crippen LogP contribution in [0, 0.1) is 30.6 Å². The summed E-state index contributed by atoms with van der Waals surface area (Å²) in [5.74, 6) is -0.00861. The first-order valence-corrected chi connectivity index (χ1v) is 7.89. The van der Waals surface area contributed by atoms with Gasteiger partial charge in [0.2, 0.25) is 0 Å².